The fourth-order valence-electron chi connectivity index (χ4n) is 3.08. The van der Waals surface area contributed by atoms with E-state index in [2.05, 4.69) is 22.1 Å². The summed E-state index contributed by atoms with van der Waals surface area (Å²) in [7, 11) is 0. The predicted molar refractivity (Wildman–Crippen MR) is 126 cm³/mol. The van der Waals surface area contributed by atoms with Crippen LogP contribution in [0, 0.1) is 13.8 Å². The van der Waals surface area contributed by atoms with Gasteiger partial charge in [-0.3, -0.25) is 9.36 Å². The van der Waals surface area contributed by atoms with Gasteiger partial charge in [0, 0.05) is 17.3 Å². The van der Waals surface area contributed by atoms with Gasteiger partial charge < -0.3 is 10.1 Å². The predicted octanol–water partition coefficient (Wildman–Crippen LogP) is 5.61. The second-order valence-corrected chi connectivity index (χ2v) is 8.49. The lowest BCUT2D eigenvalue weighted by Crippen LogP contribution is -2.16. The molecule has 6 nitrogen and oxygen atoms in total. The molecule has 8 heteroatoms. The van der Waals surface area contributed by atoms with E-state index in [0.29, 0.717) is 28.3 Å². The smallest absolute Gasteiger partial charge is 0.234 e. The molecule has 1 heterocycles. The topological polar surface area (TPSA) is 69.0 Å². The Kier molecular flexibility index (Phi) is 7.76. The number of nitrogens with one attached hydrogen (secondary N) is 1. The van der Waals surface area contributed by atoms with E-state index in [1.807, 2.05) is 55.7 Å². The van der Waals surface area contributed by atoms with Crippen molar-refractivity contribution in [3.8, 4) is 5.75 Å². The molecule has 1 N–H and O–H groups in total. The maximum Gasteiger partial charge on any atom is 0.234 e. The number of ether oxygens (including phenoxy) is 1. The van der Waals surface area contributed by atoms with E-state index < -0.39 is 0 Å². The first-order valence-corrected chi connectivity index (χ1v) is 11.2. The first-order chi connectivity index (χ1) is 14.9. The molecular weight excluding hydrogens is 432 g/mol. The molecule has 31 heavy (non-hydrogen) atoms. The van der Waals surface area contributed by atoms with Crippen LogP contribution in [0.5, 0.6) is 5.75 Å². The summed E-state index contributed by atoms with van der Waals surface area (Å²) in [6.45, 7) is 10.2. The molecule has 0 aliphatic rings. The Morgan fingerprint density at radius 1 is 1.29 bits per heavy atom. The highest BCUT2D eigenvalue weighted by molar-refractivity contribution is 7.99. The van der Waals surface area contributed by atoms with Crippen molar-refractivity contribution in [1.82, 2.24) is 14.8 Å². The normalized spacial score (nSPS) is 11.7. The van der Waals surface area contributed by atoms with Gasteiger partial charge in [0.2, 0.25) is 5.91 Å². The molecule has 0 radical (unpaired) electrons. The van der Waals surface area contributed by atoms with Crippen LogP contribution in [0.2, 0.25) is 5.02 Å². The zero-order chi connectivity index (χ0) is 22.4. The zero-order valence-electron chi connectivity index (χ0n) is 17.8. The molecule has 1 unspecified atom stereocenters. The summed E-state index contributed by atoms with van der Waals surface area (Å²) in [4.78, 5) is 12.5. The number of hydrogen-bond donors (Lipinski definition) is 1. The third-order valence-electron chi connectivity index (χ3n) is 4.52. The molecular formula is C23H25ClN4O2S. The summed E-state index contributed by atoms with van der Waals surface area (Å²) in [5, 5.41) is 12.7. The van der Waals surface area contributed by atoms with E-state index in [1.165, 1.54) is 11.8 Å². The van der Waals surface area contributed by atoms with E-state index in [4.69, 9.17) is 16.3 Å². The Balaban J connectivity index is 1.68. The van der Waals surface area contributed by atoms with Crippen molar-refractivity contribution >= 4 is 35.0 Å². The largest absolute Gasteiger partial charge is 0.483 e. The number of allylic oxidation sites excluding steroid dienone is 1. The van der Waals surface area contributed by atoms with Gasteiger partial charge in [-0.25, -0.2) is 0 Å². The third kappa shape index (κ3) is 6.12. The lowest BCUT2D eigenvalue weighted by molar-refractivity contribution is -0.113. The van der Waals surface area contributed by atoms with Crippen LogP contribution in [-0.4, -0.2) is 26.4 Å². The van der Waals surface area contributed by atoms with Crippen molar-refractivity contribution in [1.29, 1.82) is 0 Å². The van der Waals surface area contributed by atoms with E-state index in [1.54, 1.807) is 18.2 Å². The summed E-state index contributed by atoms with van der Waals surface area (Å²) >= 11 is 7.36. The lowest BCUT2D eigenvalue weighted by Gasteiger charge is -2.16. The van der Waals surface area contributed by atoms with Gasteiger partial charge in [-0.15, -0.1) is 16.8 Å². The Bertz CT molecular complexity index is 1080. The van der Waals surface area contributed by atoms with Crippen LogP contribution in [0.1, 0.15) is 30.0 Å². The molecule has 0 bridgehead atoms. The van der Waals surface area contributed by atoms with Crippen LogP contribution >= 0.6 is 23.4 Å². The van der Waals surface area contributed by atoms with Gasteiger partial charge in [-0.2, -0.15) is 0 Å². The minimum Gasteiger partial charge on any atom is -0.483 e. The standard InChI is InChI=1S/C23H25ClN4O2S/c1-5-11-28-22(17(4)30-19-8-6-7-18(24)13-19)26-27-23(28)31-14-21(29)25-20-10-9-15(2)12-16(20)3/h5-10,12-13,17H,1,11,14H2,2-4H3,(H,25,29). The van der Waals surface area contributed by atoms with E-state index in [9.17, 15) is 4.79 Å². The molecule has 3 aromatic rings. The summed E-state index contributed by atoms with van der Waals surface area (Å²) in [5.41, 5.74) is 3.00. The molecule has 1 aromatic heterocycles. The molecule has 0 fully saturated rings. The Hall–Kier alpha value is -2.77. The number of halogens is 1. The molecule has 162 valence electrons. The van der Waals surface area contributed by atoms with Gasteiger partial charge in [-0.05, 0) is 50.6 Å². The fraction of sp³-hybridized carbons (Fsp3) is 0.261. The van der Waals surface area contributed by atoms with E-state index >= 15 is 0 Å². The molecule has 0 saturated heterocycles. The minimum atomic E-state index is -0.357. The summed E-state index contributed by atoms with van der Waals surface area (Å²) in [5.74, 6) is 1.41. The number of thioether (sulfide) groups is 1. The second-order valence-electron chi connectivity index (χ2n) is 7.11. The van der Waals surface area contributed by atoms with Crippen molar-refractivity contribution < 1.29 is 9.53 Å². The Morgan fingerprint density at radius 3 is 2.81 bits per heavy atom. The van der Waals surface area contributed by atoms with Crippen LogP contribution in [0.25, 0.3) is 0 Å². The molecule has 0 aliphatic carbocycles. The molecule has 0 spiro atoms. The van der Waals surface area contributed by atoms with Gasteiger partial charge >= 0.3 is 0 Å². The summed E-state index contributed by atoms with van der Waals surface area (Å²) in [6.07, 6.45) is 1.41. The fourth-order valence-corrected chi connectivity index (χ4v) is 4.01. The number of amides is 1. The average Bonchev–Trinajstić information content (AvgIpc) is 3.12. The van der Waals surface area contributed by atoms with Crippen LogP contribution in [-0.2, 0) is 11.3 Å². The number of rotatable bonds is 9. The number of anilines is 1. The number of aromatic nitrogens is 3. The number of carbonyl (C=O) groups is 1. The van der Waals surface area contributed by atoms with Crippen LogP contribution < -0.4 is 10.1 Å². The Labute approximate surface area is 191 Å². The minimum absolute atomic E-state index is 0.102. The average molecular weight is 457 g/mol. The van der Waals surface area contributed by atoms with Gasteiger partial charge in [0.1, 0.15) is 5.75 Å². The molecule has 3 rings (SSSR count). The van der Waals surface area contributed by atoms with Crippen molar-refractivity contribution in [2.45, 2.75) is 38.6 Å². The third-order valence-corrected chi connectivity index (χ3v) is 5.72. The number of carbonyl (C=O) groups excluding carboxylic acids is 1. The molecule has 1 atom stereocenters. The first kappa shape index (κ1) is 22.9. The lowest BCUT2D eigenvalue weighted by atomic mass is 10.1. The summed E-state index contributed by atoms with van der Waals surface area (Å²) < 4.78 is 7.88. The van der Waals surface area contributed by atoms with Crippen molar-refractivity contribution in [3.63, 3.8) is 0 Å². The van der Waals surface area contributed by atoms with Crippen LogP contribution in [0.15, 0.2) is 60.3 Å². The molecule has 0 aliphatic heterocycles. The first-order valence-electron chi connectivity index (χ1n) is 9.83. The maximum atomic E-state index is 12.5. The van der Waals surface area contributed by atoms with E-state index in [-0.39, 0.29) is 17.8 Å². The number of aryl methyl sites for hydroxylation is 2. The Morgan fingerprint density at radius 2 is 2.10 bits per heavy atom. The zero-order valence-corrected chi connectivity index (χ0v) is 19.3. The van der Waals surface area contributed by atoms with Crippen molar-refractivity contribution in [2.75, 3.05) is 11.1 Å². The molecule has 2 aromatic carbocycles. The quantitative estimate of drug-likeness (QED) is 0.335. The summed E-state index contributed by atoms with van der Waals surface area (Å²) in [6, 6.07) is 13.1. The van der Waals surface area contributed by atoms with Crippen LogP contribution in [0.4, 0.5) is 5.69 Å². The SMILES string of the molecule is C=CCn1c(SCC(=O)Nc2ccc(C)cc2C)nnc1C(C)Oc1cccc(Cl)c1. The van der Waals surface area contributed by atoms with Gasteiger partial charge in [0.05, 0.1) is 5.75 Å². The number of benzene rings is 2. The number of nitrogens with zero attached hydrogens (tertiary/aromatic N) is 3. The maximum absolute atomic E-state index is 12.5. The monoisotopic (exact) mass is 456 g/mol. The highest BCUT2D eigenvalue weighted by Crippen LogP contribution is 2.26. The van der Waals surface area contributed by atoms with Gasteiger partial charge in [-0.1, -0.05) is 53.2 Å². The van der Waals surface area contributed by atoms with Crippen LogP contribution in [0.3, 0.4) is 0 Å². The number of hydrogen-bond acceptors (Lipinski definition) is 5. The highest BCUT2D eigenvalue weighted by Gasteiger charge is 2.20. The highest BCUT2D eigenvalue weighted by atomic mass is 35.5. The van der Waals surface area contributed by atoms with Crippen molar-refractivity contribution in [2.24, 2.45) is 0 Å². The second kappa shape index (κ2) is 10.5. The molecule has 1 amide bonds. The van der Waals surface area contributed by atoms with Crippen molar-refractivity contribution in [3.05, 3.63) is 77.1 Å². The molecule has 0 saturated carbocycles. The van der Waals surface area contributed by atoms with Gasteiger partial charge in [0.25, 0.3) is 0 Å². The van der Waals surface area contributed by atoms with E-state index in [0.717, 1.165) is 16.8 Å². The van der Waals surface area contributed by atoms with Gasteiger partial charge in [0.15, 0.2) is 17.1 Å².